The van der Waals surface area contributed by atoms with E-state index >= 15 is 0 Å². The molecule has 0 aliphatic carbocycles. The minimum absolute atomic E-state index is 0.194. The third-order valence-corrected chi connectivity index (χ3v) is 6.55. The molecule has 1 aliphatic rings. The summed E-state index contributed by atoms with van der Waals surface area (Å²) in [5.74, 6) is 0.464. The van der Waals surface area contributed by atoms with Crippen molar-refractivity contribution in [3.63, 3.8) is 0 Å². The summed E-state index contributed by atoms with van der Waals surface area (Å²) < 4.78 is 33.0. The summed E-state index contributed by atoms with van der Waals surface area (Å²) in [5, 5.41) is 2.52. The number of rotatable bonds is 5. The lowest BCUT2D eigenvalue weighted by Gasteiger charge is -2.25. The molecule has 0 bridgehead atoms. The van der Waals surface area contributed by atoms with E-state index < -0.39 is 10.0 Å². The van der Waals surface area contributed by atoms with Crippen LogP contribution < -0.4 is 10.1 Å². The zero-order valence-corrected chi connectivity index (χ0v) is 15.6. The fourth-order valence-corrected chi connectivity index (χ4v) is 4.95. The predicted molar refractivity (Wildman–Crippen MR) is 98.7 cm³/mol. The van der Waals surface area contributed by atoms with Crippen LogP contribution in [0.5, 0.6) is 5.75 Å². The lowest BCUT2D eigenvalue weighted by Crippen LogP contribution is -2.30. The van der Waals surface area contributed by atoms with Crippen LogP contribution in [0.3, 0.4) is 0 Å². The summed E-state index contributed by atoms with van der Waals surface area (Å²) in [5.41, 5.74) is 1.35. The van der Waals surface area contributed by atoms with Crippen LogP contribution in [0.1, 0.15) is 34.8 Å². The number of carbonyl (C=O) groups excluding carboxylic acids is 1. The molecule has 0 aromatic heterocycles. The van der Waals surface area contributed by atoms with E-state index in [0.717, 1.165) is 18.4 Å². The Labute approximate surface area is 153 Å². The van der Waals surface area contributed by atoms with Crippen molar-refractivity contribution < 1.29 is 17.9 Å². The minimum atomic E-state index is -3.64. The van der Waals surface area contributed by atoms with Gasteiger partial charge >= 0.3 is 0 Å². The van der Waals surface area contributed by atoms with E-state index in [2.05, 4.69) is 5.32 Å². The number of amides is 1. The van der Waals surface area contributed by atoms with Crippen molar-refractivity contribution in [1.82, 2.24) is 9.62 Å². The molecular weight excluding hydrogens is 352 g/mol. The van der Waals surface area contributed by atoms with Gasteiger partial charge in [-0.25, -0.2) is 8.42 Å². The van der Waals surface area contributed by atoms with E-state index in [0.29, 0.717) is 17.9 Å². The maximum Gasteiger partial charge on any atom is 0.251 e. The van der Waals surface area contributed by atoms with Crippen molar-refractivity contribution in [3.05, 3.63) is 59.7 Å². The molecule has 1 aliphatic heterocycles. The van der Waals surface area contributed by atoms with Crippen LogP contribution in [0.2, 0.25) is 0 Å². The van der Waals surface area contributed by atoms with E-state index in [1.807, 2.05) is 24.3 Å². The van der Waals surface area contributed by atoms with Crippen LogP contribution in [-0.2, 0) is 10.0 Å². The Kier molecular flexibility index (Phi) is 5.29. The van der Waals surface area contributed by atoms with Gasteiger partial charge < -0.3 is 10.1 Å². The number of ether oxygens (including phenoxy) is 1. The molecule has 1 amide bonds. The average molecular weight is 374 g/mol. The Hall–Kier alpha value is -2.38. The zero-order valence-electron chi connectivity index (χ0n) is 14.8. The first-order valence-electron chi connectivity index (χ1n) is 8.45. The Bertz CT molecular complexity index is 894. The fourth-order valence-electron chi connectivity index (χ4n) is 3.27. The molecule has 7 heteroatoms. The van der Waals surface area contributed by atoms with Gasteiger partial charge in [-0.3, -0.25) is 4.79 Å². The highest BCUT2D eigenvalue weighted by atomic mass is 32.2. The standard InChI is InChI=1S/C19H22N2O4S/c1-20-19(22)14-8-10-17(11-9-14)26(23,24)21-12-4-7-18(21)15-5-3-6-16(13-15)25-2/h3,5-6,8-11,13,18H,4,7,12H2,1-2H3,(H,20,22)/t18-/m1/s1. The first-order chi connectivity index (χ1) is 12.5. The van der Waals surface area contributed by atoms with E-state index in [1.165, 1.54) is 35.6 Å². The second-order valence-electron chi connectivity index (χ2n) is 6.15. The summed E-state index contributed by atoms with van der Waals surface area (Å²) in [4.78, 5) is 11.8. The van der Waals surface area contributed by atoms with Gasteiger partial charge in [0.05, 0.1) is 18.0 Å². The van der Waals surface area contributed by atoms with E-state index in [1.54, 1.807) is 7.11 Å². The highest BCUT2D eigenvalue weighted by Crippen LogP contribution is 2.37. The Morgan fingerprint density at radius 3 is 2.58 bits per heavy atom. The van der Waals surface area contributed by atoms with Gasteiger partial charge in [-0.15, -0.1) is 0 Å². The summed E-state index contributed by atoms with van der Waals surface area (Å²) in [7, 11) is -0.513. The van der Waals surface area contributed by atoms with Gasteiger partial charge in [0, 0.05) is 19.2 Å². The molecule has 1 N–H and O–H groups in total. The van der Waals surface area contributed by atoms with Crippen molar-refractivity contribution in [1.29, 1.82) is 0 Å². The number of nitrogens with zero attached hydrogens (tertiary/aromatic N) is 1. The topological polar surface area (TPSA) is 75.7 Å². The normalized spacial score (nSPS) is 17.8. The lowest BCUT2D eigenvalue weighted by molar-refractivity contribution is 0.0963. The number of nitrogens with one attached hydrogen (secondary N) is 1. The molecular formula is C19H22N2O4S. The van der Waals surface area contributed by atoms with Crippen LogP contribution in [0.15, 0.2) is 53.4 Å². The third-order valence-electron chi connectivity index (χ3n) is 4.63. The van der Waals surface area contributed by atoms with Crippen molar-refractivity contribution >= 4 is 15.9 Å². The van der Waals surface area contributed by atoms with Gasteiger partial charge in [0.25, 0.3) is 5.91 Å². The fraction of sp³-hybridized carbons (Fsp3) is 0.316. The molecule has 1 fully saturated rings. The maximum absolute atomic E-state index is 13.1. The monoisotopic (exact) mass is 374 g/mol. The molecule has 26 heavy (non-hydrogen) atoms. The molecule has 1 atom stereocenters. The molecule has 0 radical (unpaired) electrons. The minimum Gasteiger partial charge on any atom is -0.497 e. The molecule has 1 heterocycles. The molecule has 0 saturated carbocycles. The molecule has 2 aromatic rings. The van der Waals surface area contributed by atoms with Crippen molar-refractivity contribution in [2.24, 2.45) is 0 Å². The van der Waals surface area contributed by atoms with Gasteiger partial charge in [-0.05, 0) is 54.8 Å². The zero-order chi connectivity index (χ0) is 18.7. The lowest BCUT2D eigenvalue weighted by atomic mass is 10.1. The van der Waals surface area contributed by atoms with Crippen molar-refractivity contribution in [2.75, 3.05) is 20.7 Å². The Morgan fingerprint density at radius 2 is 1.92 bits per heavy atom. The first kappa shape index (κ1) is 18.4. The number of benzene rings is 2. The second-order valence-corrected chi connectivity index (χ2v) is 8.04. The quantitative estimate of drug-likeness (QED) is 0.873. The molecule has 138 valence electrons. The summed E-state index contributed by atoms with van der Waals surface area (Å²) in [6.45, 7) is 0.474. The van der Waals surface area contributed by atoms with Crippen LogP contribution in [0.25, 0.3) is 0 Å². The number of carbonyl (C=O) groups is 1. The SMILES string of the molecule is CNC(=O)c1ccc(S(=O)(=O)N2CCC[C@@H]2c2cccc(OC)c2)cc1. The molecule has 6 nitrogen and oxygen atoms in total. The molecule has 3 rings (SSSR count). The Morgan fingerprint density at radius 1 is 1.19 bits per heavy atom. The summed E-state index contributed by atoms with van der Waals surface area (Å²) in [6, 6.07) is 13.3. The van der Waals surface area contributed by atoms with Crippen LogP contribution in [-0.4, -0.2) is 39.3 Å². The highest BCUT2D eigenvalue weighted by molar-refractivity contribution is 7.89. The molecule has 0 spiro atoms. The summed E-state index contributed by atoms with van der Waals surface area (Å²) >= 11 is 0. The van der Waals surface area contributed by atoms with Crippen molar-refractivity contribution in [2.45, 2.75) is 23.8 Å². The molecule has 1 saturated heterocycles. The van der Waals surface area contributed by atoms with E-state index in [9.17, 15) is 13.2 Å². The first-order valence-corrected chi connectivity index (χ1v) is 9.89. The molecule has 0 unspecified atom stereocenters. The largest absolute Gasteiger partial charge is 0.497 e. The van der Waals surface area contributed by atoms with Gasteiger partial charge in [0.15, 0.2) is 0 Å². The third kappa shape index (κ3) is 3.45. The second kappa shape index (κ2) is 7.47. The summed E-state index contributed by atoms with van der Waals surface area (Å²) in [6.07, 6.45) is 1.57. The van der Waals surface area contributed by atoms with Crippen LogP contribution in [0.4, 0.5) is 0 Å². The van der Waals surface area contributed by atoms with Gasteiger partial charge in [-0.2, -0.15) is 4.31 Å². The van der Waals surface area contributed by atoms with Crippen molar-refractivity contribution in [3.8, 4) is 5.75 Å². The number of sulfonamides is 1. The average Bonchev–Trinajstić information content (AvgIpc) is 3.18. The van der Waals surface area contributed by atoms with E-state index in [-0.39, 0.29) is 16.8 Å². The number of hydrogen-bond donors (Lipinski definition) is 1. The molecule has 2 aromatic carbocycles. The smallest absolute Gasteiger partial charge is 0.251 e. The van der Waals surface area contributed by atoms with Gasteiger partial charge in [0.1, 0.15) is 5.75 Å². The number of hydrogen-bond acceptors (Lipinski definition) is 4. The maximum atomic E-state index is 13.1. The van der Waals surface area contributed by atoms with Gasteiger partial charge in [-0.1, -0.05) is 12.1 Å². The van der Waals surface area contributed by atoms with Crippen LogP contribution in [0, 0.1) is 0 Å². The van der Waals surface area contributed by atoms with E-state index in [4.69, 9.17) is 4.74 Å². The Balaban J connectivity index is 1.91. The number of methoxy groups -OCH3 is 1. The van der Waals surface area contributed by atoms with Gasteiger partial charge in [0.2, 0.25) is 10.0 Å². The predicted octanol–water partition coefficient (Wildman–Crippen LogP) is 2.58. The highest BCUT2D eigenvalue weighted by Gasteiger charge is 2.36. The van der Waals surface area contributed by atoms with Crippen LogP contribution >= 0.6 is 0 Å².